The average Bonchev–Trinajstić information content (AvgIpc) is 2.96. The summed E-state index contributed by atoms with van der Waals surface area (Å²) in [5, 5.41) is 2.85. The van der Waals surface area contributed by atoms with E-state index in [0.29, 0.717) is 29.6 Å². The molecule has 0 aliphatic carbocycles. The summed E-state index contributed by atoms with van der Waals surface area (Å²) in [4.78, 5) is 31.9. The molecule has 0 amide bonds. The van der Waals surface area contributed by atoms with Gasteiger partial charge in [-0.1, -0.05) is 33.1 Å². The standard InChI is InChI=1S/C15H25N5O2/c1-5-10(2)8-6-7-9-20-13(21)11-12(19(4)15(20)22)18-14(16-3)17-11/h10H,5-9H2,1-4H3,(H2,16,17,18)/t10-/m0/s1. The summed E-state index contributed by atoms with van der Waals surface area (Å²) >= 11 is 0. The van der Waals surface area contributed by atoms with Crippen LogP contribution < -0.4 is 16.6 Å². The van der Waals surface area contributed by atoms with Crippen molar-refractivity contribution in [2.45, 2.75) is 46.1 Å². The van der Waals surface area contributed by atoms with Crippen molar-refractivity contribution in [1.82, 2.24) is 19.1 Å². The van der Waals surface area contributed by atoms with Crippen molar-refractivity contribution in [2.24, 2.45) is 13.0 Å². The zero-order chi connectivity index (χ0) is 16.3. The largest absolute Gasteiger partial charge is 0.359 e. The minimum atomic E-state index is -0.310. The van der Waals surface area contributed by atoms with Crippen LogP contribution in [0.4, 0.5) is 5.95 Å². The van der Waals surface area contributed by atoms with Gasteiger partial charge in [-0.15, -0.1) is 0 Å². The van der Waals surface area contributed by atoms with Gasteiger partial charge in [-0.05, 0) is 12.3 Å². The molecule has 0 fully saturated rings. The van der Waals surface area contributed by atoms with E-state index in [4.69, 9.17) is 0 Å². The SMILES string of the molecule is CC[C@H](C)CCCCn1c(=O)c2[nH]c(NC)nc2n(C)c1=O. The Hall–Kier alpha value is -2.05. The van der Waals surface area contributed by atoms with Crippen LogP contribution in [-0.2, 0) is 13.6 Å². The normalized spacial score (nSPS) is 12.7. The second-order valence-corrected chi connectivity index (χ2v) is 5.84. The predicted octanol–water partition coefficient (Wildman–Crippen LogP) is 1.68. The second kappa shape index (κ2) is 6.81. The molecule has 7 heteroatoms. The molecule has 1 atom stereocenters. The van der Waals surface area contributed by atoms with Gasteiger partial charge >= 0.3 is 5.69 Å². The molecular formula is C15H25N5O2. The maximum atomic E-state index is 12.5. The molecule has 0 unspecified atom stereocenters. The number of hydrogen-bond donors (Lipinski definition) is 2. The quantitative estimate of drug-likeness (QED) is 0.762. The van der Waals surface area contributed by atoms with Crippen molar-refractivity contribution >= 4 is 17.1 Å². The fourth-order valence-corrected chi connectivity index (χ4v) is 2.53. The summed E-state index contributed by atoms with van der Waals surface area (Å²) < 4.78 is 2.72. The lowest BCUT2D eigenvalue weighted by atomic mass is 10.0. The number of aromatic nitrogens is 4. The van der Waals surface area contributed by atoms with Crippen molar-refractivity contribution in [3.05, 3.63) is 20.8 Å². The number of anilines is 1. The maximum Gasteiger partial charge on any atom is 0.332 e. The molecule has 0 radical (unpaired) electrons. The minimum absolute atomic E-state index is 0.296. The smallest absolute Gasteiger partial charge is 0.332 e. The van der Waals surface area contributed by atoms with E-state index < -0.39 is 0 Å². The average molecular weight is 307 g/mol. The van der Waals surface area contributed by atoms with Crippen molar-refractivity contribution in [3.8, 4) is 0 Å². The second-order valence-electron chi connectivity index (χ2n) is 5.84. The summed E-state index contributed by atoms with van der Waals surface area (Å²) in [6.07, 6.45) is 4.14. The molecule has 2 aromatic rings. The highest BCUT2D eigenvalue weighted by Crippen LogP contribution is 2.11. The Morgan fingerprint density at radius 2 is 2.05 bits per heavy atom. The van der Waals surface area contributed by atoms with Gasteiger partial charge in [0, 0.05) is 20.6 Å². The van der Waals surface area contributed by atoms with E-state index in [1.807, 2.05) is 0 Å². The first-order chi connectivity index (χ1) is 10.5. The Bertz CT molecular complexity index is 756. The van der Waals surface area contributed by atoms with Crippen LogP contribution in [0, 0.1) is 5.92 Å². The van der Waals surface area contributed by atoms with Crippen LogP contribution in [0.3, 0.4) is 0 Å². The first-order valence-corrected chi connectivity index (χ1v) is 7.86. The molecule has 0 aliphatic rings. The van der Waals surface area contributed by atoms with E-state index in [2.05, 4.69) is 29.1 Å². The molecule has 2 heterocycles. The van der Waals surface area contributed by atoms with E-state index in [-0.39, 0.29) is 11.2 Å². The van der Waals surface area contributed by atoms with Crippen LogP contribution in [0.1, 0.15) is 39.5 Å². The number of H-pyrrole nitrogens is 1. The van der Waals surface area contributed by atoms with Gasteiger partial charge in [-0.2, -0.15) is 4.98 Å². The lowest BCUT2D eigenvalue weighted by Crippen LogP contribution is -2.39. The number of aromatic amines is 1. The summed E-state index contributed by atoms with van der Waals surface area (Å²) in [7, 11) is 3.35. The number of nitrogens with one attached hydrogen (secondary N) is 2. The van der Waals surface area contributed by atoms with E-state index in [1.54, 1.807) is 14.1 Å². The number of hydrogen-bond acceptors (Lipinski definition) is 4. The summed E-state index contributed by atoms with van der Waals surface area (Å²) in [5.74, 6) is 1.17. The Balaban J connectivity index is 2.26. The van der Waals surface area contributed by atoms with Crippen LogP contribution in [-0.4, -0.2) is 26.1 Å². The highest BCUT2D eigenvalue weighted by molar-refractivity contribution is 5.72. The summed E-state index contributed by atoms with van der Waals surface area (Å²) in [6, 6.07) is 0. The van der Waals surface area contributed by atoms with E-state index in [0.717, 1.165) is 25.7 Å². The number of fused-ring (bicyclic) bond motifs is 1. The fraction of sp³-hybridized carbons (Fsp3) is 0.667. The third-order valence-corrected chi connectivity index (χ3v) is 4.24. The molecule has 0 aliphatic heterocycles. The molecule has 0 spiro atoms. The molecule has 0 bridgehead atoms. The van der Waals surface area contributed by atoms with Gasteiger partial charge in [0.2, 0.25) is 5.95 Å². The van der Waals surface area contributed by atoms with Gasteiger partial charge < -0.3 is 10.3 Å². The fourth-order valence-electron chi connectivity index (χ4n) is 2.53. The zero-order valence-corrected chi connectivity index (χ0v) is 13.8. The van der Waals surface area contributed by atoms with Crippen LogP contribution in [0.2, 0.25) is 0 Å². The Kier molecular flexibility index (Phi) is 5.05. The van der Waals surface area contributed by atoms with Crippen LogP contribution >= 0.6 is 0 Å². The van der Waals surface area contributed by atoms with Gasteiger partial charge in [0.1, 0.15) is 0 Å². The molecule has 0 saturated heterocycles. The molecule has 22 heavy (non-hydrogen) atoms. The third-order valence-electron chi connectivity index (χ3n) is 4.24. The van der Waals surface area contributed by atoms with Crippen LogP contribution in [0.25, 0.3) is 11.2 Å². The lowest BCUT2D eigenvalue weighted by Gasteiger charge is -2.09. The molecule has 0 saturated carbocycles. The Morgan fingerprint density at radius 1 is 1.32 bits per heavy atom. The van der Waals surface area contributed by atoms with Gasteiger partial charge in [0.15, 0.2) is 11.2 Å². The van der Waals surface area contributed by atoms with Gasteiger partial charge in [-0.3, -0.25) is 13.9 Å². The highest BCUT2D eigenvalue weighted by Gasteiger charge is 2.14. The van der Waals surface area contributed by atoms with E-state index >= 15 is 0 Å². The number of rotatable bonds is 7. The molecule has 2 aromatic heterocycles. The molecular weight excluding hydrogens is 282 g/mol. The topological polar surface area (TPSA) is 84.7 Å². The van der Waals surface area contributed by atoms with Gasteiger partial charge in [-0.25, -0.2) is 4.79 Å². The monoisotopic (exact) mass is 307 g/mol. The maximum absolute atomic E-state index is 12.5. The molecule has 2 N–H and O–H groups in total. The number of imidazole rings is 1. The number of aryl methyl sites for hydroxylation is 1. The number of unbranched alkanes of at least 4 members (excludes halogenated alkanes) is 1. The van der Waals surface area contributed by atoms with Crippen molar-refractivity contribution in [1.29, 1.82) is 0 Å². The third kappa shape index (κ3) is 3.08. The van der Waals surface area contributed by atoms with Gasteiger partial charge in [0.05, 0.1) is 0 Å². The molecule has 2 rings (SSSR count). The van der Waals surface area contributed by atoms with Gasteiger partial charge in [0.25, 0.3) is 5.56 Å². The molecule has 122 valence electrons. The minimum Gasteiger partial charge on any atom is -0.359 e. The summed E-state index contributed by atoms with van der Waals surface area (Å²) in [6.45, 7) is 4.85. The first-order valence-electron chi connectivity index (χ1n) is 7.86. The Morgan fingerprint density at radius 3 is 2.68 bits per heavy atom. The van der Waals surface area contributed by atoms with Crippen LogP contribution in [0.5, 0.6) is 0 Å². The van der Waals surface area contributed by atoms with E-state index in [9.17, 15) is 9.59 Å². The summed E-state index contributed by atoms with van der Waals surface area (Å²) in [5.41, 5.74) is 0.148. The van der Waals surface area contributed by atoms with Crippen molar-refractivity contribution < 1.29 is 0 Å². The van der Waals surface area contributed by atoms with E-state index in [1.165, 1.54) is 9.13 Å². The molecule has 7 nitrogen and oxygen atoms in total. The van der Waals surface area contributed by atoms with Crippen molar-refractivity contribution in [2.75, 3.05) is 12.4 Å². The molecule has 0 aromatic carbocycles. The Labute approximate surface area is 129 Å². The van der Waals surface area contributed by atoms with Crippen molar-refractivity contribution in [3.63, 3.8) is 0 Å². The lowest BCUT2D eigenvalue weighted by molar-refractivity contribution is 0.459. The predicted molar refractivity (Wildman–Crippen MR) is 88.4 cm³/mol. The highest BCUT2D eigenvalue weighted by atomic mass is 16.2. The van der Waals surface area contributed by atoms with Crippen LogP contribution in [0.15, 0.2) is 9.59 Å². The number of nitrogens with zero attached hydrogens (tertiary/aromatic N) is 3. The first kappa shape index (κ1) is 16.3. The zero-order valence-electron chi connectivity index (χ0n) is 13.8.